The van der Waals surface area contributed by atoms with Crippen LogP contribution in [0.2, 0.25) is 0 Å². The van der Waals surface area contributed by atoms with Crippen LogP contribution in [0.4, 0.5) is 0 Å². The fourth-order valence-corrected chi connectivity index (χ4v) is 2.23. The number of hydrogen-bond donors (Lipinski definition) is 0. The molecule has 1 aliphatic rings. The maximum atomic E-state index is 11.9. The van der Waals surface area contributed by atoms with Gasteiger partial charge in [0.25, 0.3) is 0 Å². The fraction of sp³-hybridized carbons (Fsp3) is 0.667. The smallest absolute Gasteiger partial charge is 0.307 e. The van der Waals surface area contributed by atoms with Gasteiger partial charge in [0.2, 0.25) is 11.8 Å². The Morgan fingerprint density at radius 2 is 2.17 bits per heavy atom. The number of aryl methyl sites for hydroxylation is 1. The molecule has 1 aliphatic heterocycles. The maximum Gasteiger partial charge on any atom is 0.307 e. The van der Waals surface area contributed by atoms with E-state index in [1.807, 2.05) is 13.8 Å². The second kappa shape index (κ2) is 7.34. The van der Waals surface area contributed by atoms with E-state index in [-0.39, 0.29) is 43.1 Å². The van der Waals surface area contributed by atoms with Crippen molar-refractivity contribution in [2.75, 3.05) is 6.61 Å². The third kappa shape index (κ3) is 4.61. The summed E-state index contributed by atoms with van der Waals surface area (Å²) in [6.07, 6.45) is 2.09. The molecular weight excluding hydrogens is 300 g/mol. The van der Waals surface area contributed by atoms with E-state index < -0.39 is 0 Å². The molecule has 0 saturated carbocycles. The van der Waals surface area contributed by atoms with Gasteiger partial charge in [-0.15, -0.1) is 5.10 Å². The summed E-state index contributed by atoms with van der Waals surface area (Å²) in [6.45, 7) is 6.55. The number of ether oxygens (including phenoxy) is 1. The summed E-state index contributed by atoms with van der Waals surface area (Å²) in [5, 5.41) is 7.84. The van der Waals surface area contributed by atoms with Crippen molar-refractivity contribution in [3.8, 4) is 0 Å². The number of imide groups is 1. The Labute approximate surface area is 134 Å². The normalized spacial score (nSPS) is 18.1. The number of esters is 1. The van der Waals surface area contributed by atoms with E-state index >= 15 is 0 Å². The summed E-state index contributed by atoms with van der Waals surface area (Å²) in [5.74, 6) is -0.617. The Bertz CT molecular complexity index is 596. The second-order valence-electron chi connectivity index (χ2n) is 6.22. The fourth-order valence-electron chi connectivity index (χ4n) is 2.23. The Morgan fingerprint density at radius 1 is 1.43 bits per heavy atom. The first kappa shape index (κ1) is 17.1. The van der Waals surface area contributed by atoms with Gasteiger partial charge < -0.3 is 4.74 Å². The molecule has 126 valence electrons. The number of nitrogens with zero attached hydrogens (tertiary/aromatic N) is 4. The van der Waals surface area contributed by atoms with Gasteiger partial charge in [0.15, 0.2) is 0 Å². The number of likely N-dealkylation sites (tertiary alicyclic amines) is 1. The molecule has 1 aromatic heterocycles. The van der Waals surface area contributed by atoms with Crippen molar-refractivity contribution in [2.24, 2.45) is 11.8 Å². The number of carbonyl (C=O) groups is 3. The molecule has 0 aliphatic carbocycles. The minimum absolute atomic E-state index is 0.125. The number of hydrogen-bond acceptors (Lipinski definition) is 6. The molecule has 8 heteroatoms. The van der Waals surface area contributed by atoms with E-state index in [2.05, 4.69) is 10.3 Å². The number of carbonyl (C=O) groups excluding carboxylic acids is 3. The minimum Gasteiger partial charge on any atom is -0.465 e. The van der Waals surface area contributed by atoms with Crippen molar-refractivity contribution >= 4 is 17.8 Å². The molecule has 23 heavy (non-hydrogen) atoms. The highest BCUT2D eigenvalue weighted by atomic mass is 16.5. The Hall–Kier alpha value is -2.25. The lowest BCUT2D eigenvalue weighted by molar-refractivity contribution is -0.145. The lowest BCUT2D eigenvalue weighted by atomic mass is 10.1. The number of amides is 2. The third-order valence-electron chi connectivity index (χ3n) is 3.50. The van der Waals surface area contributed by atoms with Gasteiger partial charge in [0.05, 0.1) is 32.3 Å². The second-order valence-corrected chi connectivity index (χ2v) is 6.22. The average Bonchev–Trinajstić information content (AvgIpc) is 3.03. The van der Waals surface area contributed by atoms with Crippen molar-refractivity contribution in [3.63, 3.8) is 0 Å². The largest absolute Gasteiger partial charge is 0.465 e. The first-order valence-corrected chi connectivity index (χ1v) is 7.75. The predicted octanol–water partition coefficient (Wildman–Crippen LogP) is 0.762. The molecule has 2 heterocycles. The zero-order valence-corrected chi connectivity index (χ0v) is 13.7. The summed E-state index contributed by atoms with van der Waals surface area (Å²) in [6, 6.07) is 0. The van der Waals surface area contributed by atoms with Crippen molar-refractivity contribution in [3.05, 3.63) is 11.9 Å². The highest BCUT2D eigenvalue weighted by Crippen LogP contribution is 2.20. The highest BCUT2D eigenvalue weighted by molar-refractivity contribution is 6.03. The highest BCUT2D eigenvalue weighted by Gasteiger charge is 2.35. The molecule has 8 nitrogen and oxygen atoms in total. The molecule has 1 aromatic rings. The molecule has 0 spiro atoms. The van der Waals surface area contributed by atoms with Crippen molar-refractivity contribution in [1.82, 2.24) is 19.9 Å². The molecule has 0 radical (unpaired) electrons. The number of rotatable bonds is 7. The zero-order chi connectivity index (χ0) is 17.0. The molecule has 0 N–H and O–H groups in total. The molecular formula is C15H22N4O4. The topological polar surface area (TPSA) is 94.4 Å². The van der Waals surface area contributed by atoms with Gasteiger partial charge in [0.1, 0.15) is 5.69 Å². The zero-order valence-electron chi connectivity index (χ0n) is 13.7. The number of aromatic nitrogens is 3. The summed E-state index contributed by atoms with van der Waals surface area (Å²) in [5.41, 5.74) is 0.524. The van der Waals surface area contributed by atoms with Crippen LogP contribution in [0.1, 0.15) is 39.3 Å². The van der Waals surface area contributed by atoms with Crippen molar-refractivity contribution < 1.29 is 19.1 Å². The Morgan fingerprint density at radius 3 is 2.78 bits per heavy atom. The van der Waals surface area contributed by atoms with Gasteiger partial charge in [-0.05, 0) is 5.92 Å². The average molecular weight is 322 g/mol. The van der Waals surface area contributed by atoms with Crippen molar-refractivity contribution in [1.29, 1.82) is 0 Å². The maximum absolute atomic E-state index is 11.9. The van der Waals surface area contributed by atoms with Gasteiger partial charge >= 0.3 is 5.97 Å². The van der Waals surface area contributed by atoms with E-state index in [9.17, 15) is 14.4 Å². The Kier molecular flexibility index (Phi) is 5.46. The van der Waals surface area contributed by atoms with E-state index in [1.165, 1.54) is 9.58 Å². The molecule has 0 aromatic carbocycles. The third-order valence-corrected chi connectivity index (χ3v) is 3.50. The van der Waals surface area contributed by atoms with Crippen LogP contribution >= 0.6 is 0 Å². The lowest BCUT2D eigenvalue weighted by Crippen LogP contribution is -2.29. The summed E-state index contributed by atoms with van der Waals surface area (Å²) in [7, 11) is 0. The van der Waals surface area contributed by atoms with Crippen LogP contribution < -0.4 is 0 Å². The first-order chi connectivity index (χ1) is 10.9. The van der Waals surface area contributed by atoms with Gasteiger partial charge in [-0.3, -0.25) is 24.0 Å². The first-order valence-electron chi connectivity index (χ1n) is 7.75. The quantitative estimate of drug-likeness (QED) is 0.543. The molecule has 2 amide bonds. The van der Waals surface area contributed by atoms with Gasteiger partial charge in [-0.2, -0.15) is 0 Å². The van der Waals surface area contributed by atoms with Gasteiger partial charge in [-0.25, -0.2) is 0 Å². The van der Waals surface area contributed by atoms with Crippen LogP contribution in [0.3, 0.4) is 0 Å². The van der Waals surface area contributed by atoms with Crippen LogP contribution in [0.15, 0.2) is 6.20 Å². The van der Waals surface area contributed by atoms with Crippen LogP contribution in [0.5, 0.6) is 0 Å². The van der Waals surface area contributed by atoms with Crippen molar-refractivity contribution in [2.45, 2.75) is 46.7 Å². The molecule has 1 saturated heterocycles. The minimum atomic E-state index is -0.283. The van der Waals surface area contributed by atoms with Crippen LogP contribution in [0.25, 0.3) is 0 Å². The van der Waals surface area contributed by atoms with Gasteiger partial charge in [0, 0.05) is 12.3 Å². The monoisotopic (exact) mass is 322 g/mol. The van der Waals surface area contributed by atoms with E-state index in [1.54, 1.807) is 13.1 Å². The molecule has 1 atom stereocenters. The summed E-state index contributed by atoms with van der Waals surface area (Å²) in [4.78, 5) is 36.3. The van der Waals surface area contributed by atoms with Crippen LogP contribution in [-0.2, 0) is 32.2 Å². The molecule has 2 rings (SSSR count). The van der Waals surface area contributed by atoms with E-state index in [4.69, 9.17) is 4.74 Å². The van der Waals surface area contributed by atoms with Gasteiger partial charge in [-0.1, -0.05) is 26.0 Å². The molecule has 1 fully saturated rings. The van der Waals surface area contributed by atoms with E-state index in [0.29, 0.717) is 24.8 Å². The van der Waals surface area contributed by atoms with E-state index in [0.717, 1.165) is 0 Å². The molecule has 0 bridgehead atoms. The predicted molar refractivity (Wildman–Crippen MR) is 79.8 cm³/mol. The van der Waals surface area contributed by atoms with Crippen LogP contribution in [0, 0.1) is 11.8 Å². The standard InChI is InChI=1S/C15H22N4O4/c1-10(2)9-23-14(21)4-5-18-7-12(16-17-18)8-19-13(20)6-11(3)15(19)22/h7,10-11H,4-6,8-9H2,1-3H3. The lowest BCUT2D eigenvalue weighted by Gasteiger charge is -2.11. The molecule has 1 unspecified atom stereocenters. The Balaban J connectivity index is 1.83. The van der Waals surface area contributed by atoms with Crippen LogP contribution in [-0.4, -0.2) is 44.3 Å². The summed E-state index contributed by atoms with van der Waals surface area (Å²) < 4.78 is 6.60. The SMILES string of the molecule is CC(C)COC(=O)CCn1cc(CN2C(=O)CC(C)C2=O)nn1. The summed E-state index contributed by atoms with van der Waals surface area (Å²) >= 11 is 0.